The van der Waals surface area contributed by atoms with E-state index < -0.39 is 32.5 Å². The molecule has 1 aromatic rings. The summed E-state index contributed by atoms with van der Waals surface area (Å²) in [7, 11) is -2.41. The van der Waals surface area contributed by atoms with Crippen molar-refractivity contribution in [1.82, 2.24) is 10.0 Å². The molecule has 0 heterocycles. The van der Waals surface area contributed by atoms with E-state index in [2.05, 4.69) is 10.0 Å². The molecule has 116 valence electrons. The molecule has 20 heavy (non-hydrogen) atoms. The Kier molecular flexibility index (Phi) is 6.88. The summed E-state index contributed by atoms with van der Waals surface area (Å²) in [5, 5.41) is 2.68. The lowest BCUT2D eigenvalue weighted by molar-refractivity contribution is -0.140. The summed E-state index contributed by atoms with van der Waals surface area (Å²) < 4.78 is 75.6. The molecule has 0 spiro atoms. The molecule has 0 aliphatic rings. The molecule has 0 radical (unpaired) electrons. The molecule has 0 aliphatic heterocycles. The molecule has 1 aromatic carbocycles. The fourth-order valence-electron chi connectivity index (χ4n) is 1.29. The van der Waals surface area contributed by atoms with Crippen molar-refractivity contribution in [3.8, 4) is 0 Å². The maximum atomic E-state index is 13.2. The molecule has 1 rings (SSSR count). The van der Waals surface area contributed by atoms with Crippen molar-refractivity contribution < 1.29 is 26.0 Å². The van der Waals surface area contributed by atoms with Gasteiger partial charge in [0.2, 0.25) is 10.0 Å². The number of nitrogens with one attached hydrogen (secondary N) is 2. The first-order valence-corrected chi connectivity index (χ1v) is 6.68. The van der Waals surface area contributed by atoms with Gasteiger partial charge < -0.3 is 5.32 Å². The zero-order chi connectivity index (χ0) is 14.7. The molecule has 0 amide bonds. The van der Waals surface area contributed by atoms with E-state index in [4.69, 9.17) is 0 Å². The van der Waals surface area contributed by atoms with Crippen LogP contribution in [0.3, 0.4) is 0 Å². The number of hydrogen-bond acceptors (Lipinski definition) is 3. The normalized spacial score (nSPS) is 12.1. The van der Waals surface area contributed by atoms with Crippen LogP contribution in [0.4, 0.5) is 17.6 Å². The molecule has 4 nitrogen and oxygen atoms in total. The molecular weight excluding hydrogens is 324 g/mol. The van der Waals surface area contributed by atoms with E-state index in [-0.39, 0.29) is 19.0 Å². The second-order valence-electron chi connectivity index (χ2n) is 3.64. The van der Waals surface area contributed by atoms with Crippen LogP contribution in [-0.4, -0.2) is 28.6 Å². The van der Waals surface area contributed by atoms with Crippen molar-refractivity contribution in [2.75, 3.05) is 20.1 Å². The van der Waals surface area contributed by atoms with E-state index in [1.807, 2.05) is 0 Å². The molecule has 0 aliphatic carbocycles. The predicted molar refractivity (Wildman–Crippen MR) is 67.8 cm³/mol. The van der Waals surface area contributed by atoms with Crippen LogP contribution in [0.2, 0.25) is 0 Å². The van der Waals surface area contributed by atoms with E-state index in [0.717, 1.165) is 0 Å². The number of halogens is 5. The summed E-state index contributed by atoms with van der Waals surface area (Å²) in [6.45, 7) is 0.379. The Hall–Kier alpha value is -0.900. The second kappa shape index (κ2) is 7.21. The Labute approximate surface area is 120 Å². The highest BCUT2D eigenvalue weighted by molar-refractivity contribution is 7.89. The summed E-state index contributed by atoms with van der Waals surface area (Å²) in [6, 6.07) is 1.47. The van der Waals surface area contributed by atoms with E-state index >= 15 is 0 Å². The third-order valence-corrected chi connectivity index (χ3v) is 3.68. The lowest BCUT2D eigenvalue weighted by Gasteiger charge is -2.10. The number of hydrogen-bond donors (Lipinski definition) is 2. The zero-order valence-electron chi connectivity index (χ0n) is 10.3. The first kappa shape index (κ1) is 19.1. The van der Waals surface area contributed by atoms with E-state index in [1.54, 1.807) is 7.05 Å². The lowest BCUT2D eigenvalue weighted by atomic mass is 10.2. The number of alkyl halides is 3. The van der Waals surface area contributed by atoms with Crippen molar-refractivity contribution in [2.45, 2.75) is 11.1 Å². The number of benzene rings is 1. The van der Waals surface area contributed by atoms with Crippen LogP contribution >= 0.6 is 12.4 Å². The quantitative estimate of drug-likeness (QED) is 0.636. The van der Waals surface area contributed by atoms with Gasteiger partial charge in [0.15, 0.2) is 0 Å². The number of rotatable bonds is 5. The molecule has 0 saturated carbocycles. The summed E-state index contributed by atoms with van der Waals surface area (Å²) in [5.74, 6) is -1.62. The minimum Gasteiger partial charge on any atom is -0.318 e. The molecular formula is C10H13ClF4N2O2S. The SMILES string of the molecule is CNCCNS(=O)(=O)c1ccc(C(F)(F)F)c(F)c1.Cl. The third kappa shape index (κ3) is 4.89. The Morgan fingerprint density at radius 2 is 1.80 bits per heavy atom. The monoisotopic (exact) mass is 336 g/mol. The lowest BCUT2D eigenvalue weighted by Crippen LogP contribution is -2.30. The number of likely N-dealkylation sites (N-methyl/N-ethyl adjacent to an activating group) is 1. The van der Waals surface area contributed by atoms with Crippen LogP contribution in [0.1, 0.15) is 5.56 Å². The van der Waals surface area contributed by atoms with Crippen LogP contribution in [0.5, 0.6) is 0 Å². The summed E-state index contributed by atoms with van der Waals surface area (Å²) in [6.07, 6.45) is -4.86. The average Bonchev–Trinajstić information content (AvgIpc) is 2.27. The number of sulfonamides is 1. The molecule has 2 N–H and O–H groups in total. The van der Waals surface area contributed by atoms with Crippen LogP contribution in [0.25, 0.3) is 0 Å². The average molecular weight is 337 g/mol. The van der Waals surface area contributed by atoms with E-state index in [1.165, 1.54) is 0 Å². The maximum Gasteiger partial charge on any atom is 0.419 e. The minimum absolute atomic E-state index is 0. The van der Waals surface area contributed by atoms with Gasteiger partial charge in [0.25, 0.3) is 0 Å². The van der Waals surface area contributed by atoms with Crippen molar-refractivity contribution in [3.05, 3.63) is 29.6 Å². The van der Waals surface area contributed by atoms with Gasteiger partial charge in [-0.2, -0.15) is 13.2 Å². The van der Waals surface area contributed by atoms with Gasteiger partial charge in [0, 0.05) is 13.1 Å². The van der Waals surface area contributed by atoms with Crippen LogP contribution in [-0.2, 0) is 16.2 Å². The first-order valence-electron chi connectivity index (χ1n) is 5.19. The minimum atomic E-state index is -4.86. The highest BCUT2D eigenvalue weighted by Gasteiger charge is 2.34. The largest absolute Gasteiger partial charge is 0.419 e. The molecule has 10 heteroatoms. The zero-order valence-corrected chi connectivity index (χ0v) is 11.9. The molecule has 0 saturated heterocycles. The molecule has 0 atom stereocenters. The van der Waals surface area contributed by atoms with E-state index in [9.17, 15) is 26.0 Å². The Morgan fingerprint density at radius 1 is 1.20 bits per heavy atom. The Morgan fingerprint density at radius 3 is 2.25 bits per heavy atom. The van der Waals surface area contributed by atoms with Gasteiger partial charge in [-0.3, -0.25) is 0 Å². The fraction of sp³-hybridized carbons (Fsp3) is 0.400. The van der Waals surface area contributed by atoms with Crippen molar-refractivity contribution in [1.29, 1.82) is 0 Å². The summed E-state index contributed by atoms with van der Waals surface area (Å²) in [5.41, 5.74) is -1.50. The van der Waals surface area contributed by atoms with Crippen LogP contribution in [0.15, 0.2) is 23.1 Å². The van der Waals surface area contributed by atoms with E-state index in [0.29, 0.717) is 24.7 Å². The molecule has 0 unspecified atom stereocenters. The van der Waals surface area contributed by atoms with Gasteiger partial charge in [0.05, 0.1) is 10.5 Å². The van der Waals surface area contributed by atoms with Gasteiger partial charge in [-0.1, -0.05) is 0 Å². The van der Waals surface area contributed by atoms with Crippen LogP contribution < -0.4 is 10.0 Å². The van der Waals surface area contributed by atoms with Crippen molar-refractivity contribution in [2.24, 2.45) is 0 Å². The molecule has 0 fully saturated rings. The topological polar surface area (TPSA) is 58.2 Å². The highest BCUT2D eigenvalue weighted by atomic mass is 35.5. The van der Waals surface area contributed by atoms with Gasteiger partial charge in [-0.15, -0.1) is 12.4 Å². The van der Waals surface area contributed by atoms with Gasteiger partial charge in [0.1, 0.15) is 5.82 Å². The van der Waals surface area contributed by atoms with Gasteiger partial charge >= 0.3 is 6.18 Å². The standard InChI is InChI=1S/C10H12F4N2O2S.ClH/c1-15-4-5-16-19(17,18)7-2-3-8(9(11)6-7)10(12,13)14;/h2-3,6,15-16H,4-5H2,1H3;1H. The highest BCUT2D eigenvalue weighted by Crippen LogP contribution is 2.32. The second-order valence-corrected chi connectivity index (χ2v) is 5.41. The smallest absolute Gasteiger partial charge is 0.318 e. The maximum absolute atomic E-state index is 13.2. The van der Waals surface area contributed by atoms with Crippen molar-refractivity contribution >= 4 is 22.4 Å². The van der Waals surface area contributed by atoms with Gasteiger partial charge in [-0.05, 0) is 25.2 Å². The first-order chi connectivity index (χ1) is 8.68. The third-order valence-electron chi connectivity index (χ3n) is 2.22. The summed E-state index contributed by atoms with van der Waals surface area (Å²) >= 11 is 0. The Balaban J connectivity index is 0.00000361. The molecule has 0 bridgehead atoms. The fourth-order valence-corrected chi connectivity index (χ4v) is 2.33. The van der Waals surface area contributed by atoms with Gasteiger partial charge in [-0.25, -0.2) is 17.5 Å². The predicted octanol–water partition coefficient (Wildman–Crippen LogP) is 1.76. The summed E-state index contributed by atoms with van der Waals surface area (Å²) in [4.78, 5) is -0.547. The van der Waals surface area contributed by atoms with Crippen LogP contribution in [0, 0.1) is 5.82 Å². The van der Waals surface area contributed by atoms with Crippen molar-refractivity contribution in [3.63, 3.8) is 0 Å². The molecule has 0 aromatic heterocycles. The Bertz CT molecular complexity index is 549.